The van der Waals surface area contributed by atoms with E-state index in [4.69, 9.17) is 0 Å². The third-order valence-corrected chi connectivity index (χ3v) is 4.09. The molecule has 0 spiro atoms. The highest BCUT2D eigenvalue weighted by molar-refractivity contribution is 5.78. The summed E-state index contributed by atoms with van der Waals surface area (Å²) in [6.07, 6.45) is 2.15. The number of carbonyl (C=O) groups is 1. The lowest BCUT2D eigenvalue weighted by molar-refractivity contribution is -0.122. The molecule has 1 aliphatic heterocycles. The predicted molar refractivity (Wildman–Crippen MR) is 81.5 cm³/mol. The van der Waals surface area contributed by atoms with Gasteiger partial charge in [0.1, 0.15) is 5.82 Å². The van der Waals surface area contributed by atoms with E-state index in [1.807, 2.05) is 13.1 Å². The second-order valence-electron chi connectivity index (χ2n) is 5.70. The van der Waals surface area contributed by atoms with Crippen LogP contribution in [0.2, 0.25) is 0 Å². The molecule has 5 heteroatoms. The van der Waals surface area contributed by atoms with Crippen LogP contribution in [0.25, 0.3) is 0 Å². The van der Waals surface area contributed by atoms with Crippen LogP contribution in [0.3, 0.4) is 0 Å². The zero-order valence-corrected chi connectivity index (χ0v) is 12.8. The molecule has 116 valence electrons. The molecule has 1 amide bonds. The van der Waals surface area contributed by atoms with Crippen LogP contribution >= 0.6 is 0 Å². The Morgan fingerprint density at radius 3 is 2.71 bits per heavy atom. The van der Waals surface area contributed by atoms with Gasteiger partial charge in [-0.05, 0) is 44.0 Å². The highest BCUT2D eigenvalue weighted by Crippen LogP contribution is 2.10. The third-order valence-electron chi connectivity index (χ3n) is 4.09. The SMILES string of the molecule is CNC1CCN(CC(=O)NCc2ccc(C)c(F)c2)CC1. The summed E-state index contributed by atoms with van der Waals surface area (Å²) in [5, 5.41) is 6.13. The molecule has 0 aromatic heterocycles. The number of rotatable bonds is 5. The van der Waals surface area contributed by atoms with E-state index in [1.165, 1.54) is 6.07 Å². The molecule has 0 radical (unpaired) electrons. The number of aryl methyl sites for hydroxylation is 1. The van der Waals surface area contributed by atoms with Gasteiger partial charge in [0.15, 0.2) is 0 Å². The van der Waals surface area contributed by atoms with Gasteiger partial charge in [-0.25, -0.2) is 4.39 Å². The molecular formula is C16H24FN3O. The average molecular weight is 293 g/mol. The van der Waals surface area contributed by atoms with Crippen LogP contribution in [0.15, 0.2) is 18.2 Å². The second-order valence-corrected chi connectivity index (χ2v) is 5.70. The zero-order valence-electron chi connectivity index (χ0n) is 12.8. The molecule has 0 atom stereocenters. The average Bonchev–Trinajstić information content (AvgIpc) is 2.49. The summed E-state index contributed by atoms with van der Waals surface area (Å²) in [4.78, 5) is 14.1. The Morgan fingerprint density at radius 2 is 2.10 bits per heavy atom. The molecular weight excluding hydrogens is 269 g/mol. The molecule has 1 fully saturated rings. The van der Waals surface area contributed by atoms with Crippen molar-refractivity contribution in [3.05, 3.63) is 35.1 Å². The smallest absolute Gasteiger partial charge is 0.234 e. The van der Waals surface area contributed by atoms with Crippen LogP contribution in [-0.2, 0) is 11.3 Å². The first kappa shape index (κ1) is 15.9. The molecule has 0 saturated carbocycles. The fourth-order valence-corrected chi connectivity index (χ4v) is 2.59. The van der Waals surface area contributed by atoms with E-state index in [9.17, 15) is 9.18 Å². The normalized spacial score (nSPS) is 16.9. The first-order chi connectivity index (χ1) is 10.1. The Labute approximate surface area is 125 Å². The number of halogens is 1. The van der Waals surface area contributed by atoms with Crippen LogP contribution < -0.4 is 10.6 Å². The second kappa shape index (κ2) is 7.52. The summed E-state index contributed by atoms with van der Waals surface area (Å²) in [6, 6.07) is 5.63. The van der Waals surface area contributed by atoms with E-state index < -0.39 is 0 Å². The summed E-state index contributed by atoms with van der Waals surface area (Å²) in [5.74, 6) is -0.227. The lowest BCUT2D eigenvalue weighted by Gasteiger charge is -2.31. The van der Waals surface area contributed by atoms with Crippen molar-refractivity contribution in [3.63, 3.8) is 0 Å². The van der Waals surface area contributed by atoms with Crippen LogP contribution in [0.1, 0.15) is 24.0 Å². The number of carbonyl (C=O) groups excluding carboxylic acids is 1. The molecule has 1 aromatic carbocycles. The van der Waals surface area contributed by atoms with Crippen molar-refractivity contribution in [1.82, 2.24) is 15.5 Å². The summed E-state index contributed by atoms with van der Waals surface area (Å²) < 4.78 is 13.4. The highest BCUT2D eigenvalue weighted by Gasteiger charge is 2.19. The Kier molecular flexibility index (Phi) is 5.70. The van der Waals surface area contributed by atoms with Crippen molar-refractivity contribution >= 4 is 5.91 Å². The Hall–Kier alpha value is -1.46. The number of nitrogens with zero attached hydrogens (tertiary/aromatic N) is 1. The predicted octanol–water partition coefficient (Wildman–Crippen LogP) is 1.43. The minimum atomic E-state index is -0.226. The van der Waals surface area contributed by atoms with E-state index in [0.717, 1.165) is 31.5 Å². The first-order valence-electron chi connectivity index (χ1n) is 7.50. The van der Waals surface area contributed by atoms with E-state index in [1.54, 1.807) is 13.0 Å². The number of nitrogens with one attached hydrogen (secondary N) is 2. The molecule has 1 saturated heterocycles. The fraction of sp³-hybridized carbons (Fsp3) is 0.562. The van der Waals surface area contributed by atoms with Gasteiger partial charge in [-0.1, -0.05) is 12.1 Å². The van der Waals surface area contributed by atoms with Gasteiger partial charge >= 0.3 is 0 Å². The number of likely N-dealkylation sites (tertiary alicyclic amines) is 1. The largest absolute Gasteiger partial charge is 0.351 e. The number of benzene rings is 1. The Balaban J connectivity index is 1.73. The Morgan fingerprint density at radius 1 is 1.38 bits per heavy atom. The maximum Gasteiger partial charge on any atom is 0.234 e. The van der Waals surface area contributed by atoms with Gasteiger partial charge in [0.2, 0.25) is 5.91 Å². The van der Waals surface area contributed by atoms with Crippen molar-refractivity contribution in [1.29, 1.82) is 0 Å². The van der Waals surface area contributed by atoms with Gasteiger partial charge in [-0.3, -0.25) is 9.69 Å². The molecule has 0 unspecified atom stereocenters. The number of hydrogen-bond acceptors (Lipinski definition) is 3. The van der Waals surface area contributed by atoms with E-state index >= 15 is 0 Å². The first-order valence-corrected chi connectivity index (χ1v) is 7.50. The van der Waals surface area contributed by atoms with Gasteiger partial charge in [0, 0.05) is 25.7 Å². The quantitative estimate of drug-likeness (QED) is 0.863. The van der Waals surface area contributed by atoms with Gasteiger partial charge in [0.25, 0.3) is 0 Å². The summed E-state index contributed by atoms with van der Waals surface area (Å²) in [5.41, 5.74) is 1.41. The third kappa shape index (κ3) is 4.79. The van der Waals surface area contributed by atoms with Gasteiger partial charge < -0.3 is 10.6 Å². The van der Waals surface area contributed by atoms with Crippen molar-refractivity contribution < 1.29 is 9.18 Å². The maximum absolute atomic E-state index is 13.4. The zero-order chi connectivity index (χ0) is 15.2. The topological polar surface area (TPSA) is 44.4 Å². The van der Waals surface area contributed by atoms with E-state index in [0.29, 0.717) is 24.7 Å². The molecule has 0 aliphatic carbocycles. The van der Waals surface area contributed by atoms with Gasteiger partial charge in [-0.2, -0.15) is 0 Å². The molecule has 0 bridgehead atoms. The van der Waals surface area contributed by atoms with Gasteiger partial charge in [-0.15, -0.1) is 0 Å². The minimum Gasteiger partial charge on any atom is -0.351 e. The van der Waals surface area contributed by atoms with Crippen LogP contribution in [0.5, 0.6) is 0 Å². The molecule has 2 rings (SSSR count). The van der Waals surface area contributed by atoms with Crippen LogP contribution in [0.4, 0.5) is 4.39 Å². The fourth-order valence-electron chi connectivity index (χ4n) is 2.59. The number of amides is 1. The highest BCUT2D eigenvalue weighted by atomic mass is 19.1. The van der Waals surface area contributed by atoms with Crippen molar-refractivity contribution in [2.75, 3.05) is 26.7 Å². The summed E-state index contributed by atoms with van der Waals surface area (Å²) in [6.45, 7) is 4.41. The number of piperidine rings is 1. The van der Waals surface area contributed by atoms with Gasteiger partial charge in [0.05, 0.1) is 6.54 Å². The van der Waals surface area contributed by atoms with Crippen molar-refractivity contribution in [2.45, 2.75) is 32.4 Å². The lowest BCUT2D eigenvalue weighted by Crippen LogP contribution is -2.45. The van der Waals surface area contributed by atoms with E-state index in [2.05, 4.69) is 15.5 Å². The van der Waals surface area contributed by atoms with Crippen LogP contribution in [0, 0.1) is 12.7 Å². The molecule has 1 heterocycles. The van der Waals surface area contributed by atoms with Crippen molar-refractivity contribution in [3.8, 4) is 0 Å². The molecule has 4 nitrogen and oxygen atoms in total. The van der Waals surface area contributed by atoms with Crippen molar-refractivity contribution in [2.24, 2.45) is 0 Å². The molecule has 2 N–H and O–H groups in total. The maximum atomic E-state index is 13.4. The standard InChI is InChI=1S/C16H24FN3O/c1-12-3-4-13(9-15(12)17)10-19-16(21)11-20-7-5-14(18-2)6-8-20/h3-4,9,14,18H,5-8,10-11H2,1-2H3,(H,19,21). The Bertz CT molecular complexity index is 484. The monoisotopic (exact) mass is 293 g/mol. The molecule has 21 heavy (non-hydrogen) atoms. The summed E-state index contributed by atoms with van der Waals surface area (Å²) in [7, 11) is 1.98. The lowest BCUT2D eigenvalue weighted by atomic mass is 10.1. The van der Waals surface area contributed by atoms with Crippen LogP contribution in [-0.4, -0.2) is 43.5 Å². The summed E-state index contributed by atoms with van der Waals surface area (Å²) >= 11 is 0. The minimum absolute atomic E-state index is 0.00103. The molecule has 1 aliphatic rings. The number of hydrogen-bond donors (Lipinski definition) is 2. The molecule has 1 aromatic rings. The van der Waals surface area contributed by atoms with E-state index in [-0.39, 0.29) is 11.7 Å².